The molecular weight excluding hydrogens is 266 g/mol. The molecular formula is C16H23N3O2. The highest BCUT2D eigenvalue weighted by Gasteiger charge is 2.40. The molecule has 1 aliphatic rings. The summed E-state index contributed by atoms with van der Waals surface area (Å²) in [4.78, 5) is 26.5. The van der Waals surface area contributed by atoms with Crippen LogP contribution in [0.1, 0.15) is 29.8 Å². The van der Waals surface area contributed by atoms with Gasteiger partial charge < -0.3 is 15.5 Å². The van der Waals surface area contributed by atoms with Crippen LogP contribution in [-0.2, 0) is 11.2 Å². The first-order valence-electron chi connectivity index (χ1n) is 7.31. The molecule has 2 amide bonds. The maximum Gasteiger partial charge on any atom is 0.255 e. The Kier molecular flexibility index (Phi) is 4.63. The largest absolute Gasteiger partial charge is 0.352 e. The molecule has 0 atom stereocenters. The van der Waals surface area contributed by atoms with E-state index in [0.29, 0.717) is 18.7 Å². The van der Waals surface area contributed by atoms with Gasteiger partial charge in [-0.15, -0.1) is 0 Å². The molecule has 1 aromatic carbocycles. The summed E-state index contributed by atoms with van der Waals surface area (Å²) in [7, 11) is 1.89. The zero-order chi connectivity index (χ0) is 15.5. The lowest BCUT2D eigenvalue weighted by molar-refractivity contribution is -0.133. The van der Waals surface area contributed by atoms with Gasteiger partial charge in [-0.05, 0) is 45.5 Å². The summed E-state index contributed by atoms with van der Waals surface area (Å²) in [5.41, 5.74) is 0.889. The minimum atomic E-state index is -0.814. The first-order valence-corrected chi connectivity index (χ1v) is 7.31. The zero-order valence-electron chi connectivity index (χ0n) is 12.9. The minimum absolute atomic E-state index is 0.0680. The fraction of sp³-hybridized carbons (Fsp3) is 0.500. The molecule has 5 nitrogen and oxygen atoms in total. The lowest BCUT2D eigenvalue weighted by Gasteiger charge is -2.41. The smallest absolute Gasteiger partial charge is 0.255 e. The Bertz CT molecular complexity index is 540. The maximum atomic E-state index is 12.9. The standard InChI is InChI=1S/C16H23N3O2/c1-16(2)15(21)18-10-11-19(16)14(20)13-7-5-4-6-12(13)8-9-17-3/h4-7,17H,8-11H2,1-3H3,(H,18,21). The van der Waals surface area contributed by atoms with E-state index in [0.717, 1.165) is 18.5 Å². The number of likely N-dealkylation sites (N-methyl/N-ethyl adjacent to an activating group) is 1. The van der Waals surface area contributed by atoms with Crippen LogP contribution < -0.4 is 10.6 Å². The van der Waals surface area contributed by atoms with Crippen molar-refractivity contribution < 1.29 is 9.59 Å². The Morgan fingerprint density at radius 2 is 2.10 bits per heavy atom. The molecule has 0 radical (unpaired) electrons. The van der Waals surface area contributed by atoms with Crippen LogP contribution in [0, 0.1) is 0 Å². The molecule has 21 heavy (non-hydrogen) atoms. The summed E-state index contributed by atoms with van der Waals surface area (Å²) in [6.45, 7) is 5.43. The summed E-state index contributed by atoms with van der Waals surface area (Å²) < 4.78 is 0. The molecule has 1 aliphatic heterocycles. The molecule has 0 aliphatic carbocycles. The van der Waals surface area contributed by atoms with Crippen molar-refractivity contribution in [2.45, 2.75) is 25.8 Å². The number of amides is 2. The van der Waals surface area contributed by atoms with Crippen LogP contribution in [0.15, 0.2) is 24.3 Å². The van der Waals surface area contributed by atoms with Crippen LogP contribution in [0.3, 0.4) is 0 Å². The molecule has 5 heteroatoms. The fourth-order valence-electron chi connectivity index (χ4n) is 2.61. The van der Waals surface area contributed by atoms with Gasteiger partial charge in [0, 0.05) is 18.7 Å². The normalized spacial score (nSPS) is 17.5. The molecule has 1 aromatic rings. The third-order valence-electron chi connectivity index (χ3n) is 3.99. The van der Waals surface area contributed by atoms with Crippen molar-refractivity contribution in [3.63, 3.8) is 0 Å². The molecule has 1 heterocycles. The topological polar surface area (TPSA) is 61.4 Å². The first kappa shape index (κ1) is 15.5. The number of hydrogen-bond acceptors (Lipinski definition) is 3. The van der Waals surface area contributed by atoms with Crippen molar-refractivity contribution in [1.29, 1.82) is 0 Å². The second-order valence-corrected chi connectivity index (χ2v) is 5.78. The van der Waals surface area contributed by atoms with E-state index in [2.05, 4.69) is 10.6 Å². The van der Waals surface area contributed by atoms with Crippen molar-refractivity contribution in [2.24, 2.45) is 0 Å². The van der Waals surface area contributed by atoms with Crippen molar-refractivity contribution >= 4 is 11.8 Å². The molecule has 0 aromatic heterocycles. The van der Waals surface area contributed by atoms with Crippen LogP contribution in [0.5, 0.6) is 0 Å². The van der Waals surface area contributed by atoms with Crippen LogP contribution in [0.4, 0.5) is 0 Å². The van der Waals surface area contributed by atoms with E-state index in [9.17, 15) is 9.59 Å². The number of hydrogen-bond donors (Lipinski definition) is 2. The highest BCUT2D eigenvalue weighted by molar-refractivity contribution is 6.00. The lowest BCUT2D eigenvalue weighted by atomic mass is 9.95. The molecule has 1 saturated heterocycles. The number of benzene rings is 1. The number of nitrogens with one attached hydrogen (secondary N) is 2. The van der Waals surface area contributed by atoms with Gasteiger partial charge in [0.05, 0.1) is 0 Å². The quantitative estimate of drug-likeness (QED) is 0.862. The summed E-state index contributed by atoms with van der Waals surface area (Å²) in [6.07, 6.45) is 0.791. The van der Waals surface area contributed by atoms with Crippen LogP contribution in [0.2, 0.25) is 0 Å². The molecule has 2 N–H and O–H groups in total. The predicted molar refractivity (Wildman–Crippen MR) is 82.2 cm³/mol. The monoisotopic (exact) mass is 289 g/mol. The first-order chi connectivity index (χ1) is 9.98. The third kappa shape index (κ3) is 3.08. The van der Waals surface area contributed by atoms with E-state index in [1.165, 1.54) is 0 Å². The molecule has 114 valence electrons. The van der Waals surface area contributed by atoms with Crippen LogP contribution in [-0.4, -0.2) is 48.9 Å². The molecule has 0 unspecified atom stereocenters. The number of piperazine rings is 1. The number of carbonyl (C=O) groups is 2. The third-order valence-corrected chi connectivity index (χ3v) is 3.99. The van der Waals surface area contributed by atoms with Crippen molar-refractivity contribution in [3.05, 3.63) is 35.4 Å². The average Bonchev–Trinajstić information content (AvgIpc) is 2.47. The fourth-order valence-corrected chi connectivity index (χ4v) is 2.61. The minimum Gasteiger partial charge on any atom is -0.352 e. The summed E-state index contributed by atoms with van der Waals surface area (Å²) in [6, 6.07) is 7.63. The number of carbonyl (C=O) groups excluding carboxylic acids is 2. The Balaban J connectivity index is 2.29. The summed E-state index contributed by atoms with van der Waals surface area (Å²) >= 11 is 0. The van der Waals surface area contributed by atoms with E-state index >= 15 is 0 Å². The van der Waals surface area contributed by atoms with Gasteiger partial charge in [-0.1, -0.05) is 18.2 Å². The second-order valence-electron chi connectivity index (χ2n) is 5.78. The van der Waals surface area contributed by atoms with Gasteiger partial charge >= 0.3 is 0 Å². The Morgan fingerprint density at radius 1 is 1.38 bits per heavy atom. The van der Waals surface area contributed by atoms with E-state index in [4.69, 9.17) is 0 Å². The van der Waals surface area contributed by atoms with Gasteiger partial charge in [0.25, 0.3) is 5.91 Å². The van der Waals surface area contributed by atoms with Crippen LogP contribution >= 0.6 is 0 Å². The Labute approximate surface area is 125 Å². The highest BCUT2D eigenvalue weighted by Crippen LogP contribution is 2.22. The van der Waals surface area contributed by atoms with Gasteiger partial charge in [0.15, 0.2) is 0 Å². The maximum absolute atomic E-state index is 12.9. The van der Waals surface area contributed by atoms with Gasteiger partial charge in [-0.25, -0.2) is 0 Å². The van der Waals surface area contributed by atoms with Crippen molar-refractivity contribution in [3.8, 4) is 0 Å². The van der Waals surface area contributed by atoms with E-state index in [1.807, 2.05) is 31.3 Å². The highest BCUT2D eigenvalue weighted by atomic mass is 16.2. The van der Waals surface area contributed by atoms with Gasteiger partial charge in [0.1, 0.15) is 5.54 Å². The SMILES string of the molecule is CNCCc1ccccc1C(=O)N1CCNC(=O)C1(C)C. The van der Waals surface area contributed by atoms with E-state index in [1.54, 1.807) is 18.7 Å². The molecule has 0 saturated carbocycles. The summed E-state index contributed by atoms with van der Waals surface area (Å²) in [5.74, 6) is -0.170. The van der Waals surface area contributed by atoms with E-state index in [-0.39, 0.29) is 11.8 Å². The summed E-state index contributed by atoms with van der Waals surface area (Å²) in [5, 5.41) is 5.91. The second kappa shape index (κ2) is 6.26. The van der Waals surface area contributed by atoms with E-state index < -0.39 is 5.54 Å². The molecule has 0 bridgehead atoms. The number of rotatable bonds is 4. The van der Waals surface area contributed by atoms with Crippen molar-refractivity contribution in [2.75, 3.05) is 26.7 Å². The molecule has 1 fully saturated rings. The Hall–Kier alpha value is -1.88. The van der Waals surface area contributed by atoms with Crippen molar-refractivity contribution in [1.82, 2.24) is 15.5 Å². The lowest BCUT2D eigenvalue weighted by Crippen LogP contribution is -2.63. The van der Waals surface area contributed by atoms with Crippen LogP contribution in [0.25, 0.3) is 0 Å². The Morgan fingerprint density at radius 3 is 2.81 bits per heavy atom. The van der Waals surface area contributed by atoms with Gasteiger partial charge in [0.2, 0.25) is 5.91 Å². The zero-order valence-corrected chi connectivity index (χ0v) is 12.9. The number of nitrogens with zero attached hydrogens (tertiary/aromatic N) is 1. The van der Waals surface area contributed by atoms with Gasteiger partial charge in [-0.2, -0.15) is 0 Å². The molecule has 2 rings (SSSR count). The van der Waals surface area contributed by atoms with Gasteiger partial charge in [-0.3, -0.25) is 9.59 Å². The predicted octanol–water partition coefficient (Wildman–Crippen LogP) is 0.799. The molecule has 0 spiro atoms. The average molecular weight is 289 g/mol.